The van der Waals surface area contributed by atoms with Crippen LogP contribution in [0.3, 0.4) is 0 Å². The van der Waals surface area contributed by atoms with Crippen LogP contribution in [0.1, 0.15) is 16.7 Å². The largest absolute Gasteiger partial charge is 0.573 e. The van der Waals surface area contributed by atoms with Gasteiger partial charge in [-0.3, -0.25) is 4.79 Å². The van der Waals surface area contributed by atoms with E-state index < -0.39 is 30.4 Å². The second kappa shape index (κ2) is 5.80. The Kier molecular flexibility index (Phi) is 4.62. The molecule has 0 saturated heterocycles. The van der Waals surface area contributed by atoms with Crippen LogP contribution >= 0.6 is 11.6 Å². The number of hydrogen-bond donors (Lipinski definition) is 1. The van der Waals surface area contributed by atoms with Crippen LogP contribution in [0.25, 0.3) is 0 Å². The first kappa shape index (κ1) is 15.1. The molecule has 19 heavy (non-hydrogen) atoms. The zero-order chi connectivity index (χ0) is 14.6. The molecule has 4 nitrogen and oxygen atoms in total. The van der Waals surface area contributed by atoms with Crippen molar-refractivity contribution in [2.45, 2.75) is 18.7 Å². The summed E-state index contributed by atoms with van der Waals surface area (Å²) in [6.45, 7) is 0. The van der Waals surface area contributed by atoms with Gasteiger partial charge >= 0.3 is 12.3 Å². The van der Waals surface area contributed by atoms with E-state index in [1.54, 1.807) is 6.07 Å². The Bertz CT molecular complexity index is 537. The van der Waals surface area contributed by atoms with Crippen LogP contribution < -0.4 is 4.74 Å². The number of carboxylic acid groups (broad SMARTS) is 1. The van der Waals surface area contributed by atoms with Crippen molar-refractivity contribution >= 4 is 17.6 Å². The molecule has 0 aliphatic rings. The fourth-order valence-corrected chi connectivity index (χ4v) is 1.76. The van der Waals surface area contributed by atoms with Gasteiger partial charge < -0.3 is 9.84 Å². The van der Waals surface area contributed by atoms with Crippen LogP contribution in [0.5, 0.6) is 5.75 Å². The molecule has 1 rings (SSSR count). The summed E-state index contributed by atoms with van der Waals surface area (Å²) in [7, 11) is 0. The highest BCUT2D eigenvalue weighted by Gasteiger charge is 2.34. The molecule has 0 aliphatic heterocycles. The molecule has 0 atom stereocenters. The van der Waals surface area contributed by atoms with Crippen molar-refractivity contribution in [3.63, 3.8) is 0 Å². The summed E-state index contributed by atoms with van der Waals surface area (Å²) in [5.41, 5.74) is -0.441. The smallest absolute Gasteiger partial charge is 0.481 e. The van der Waals surface area contributed by atoms with Crippen molar-refractivity contribution in [3.8, 4) is 11.8 Å². The minimum atomic E-state index is -4.99. The molecule has 0 spiro atoms. The second-order valence-electron chi connectivity index (χ2n) is 3.44. The lowest BCUT2D eigenvalue weighted by molar-refractivity contribution is -0.275. The van der Waals surface area contributed by atoms with Gasteiger partial charge in [-0.1, -0.05) is 6.07 Å². The Balaban J connectivity index is 3.38. The predicted molar refractivity (Wildman–Crippen MR) is 58.7 cm³/mol. The topological polar surface area (TPSA) is 70.3 Å². The Morgan fingerprint density at radius 1 is 1.47 bits per heavy atom. The first-order chi connectivity index (χ1) is 8.78. The molecule has 0 amide bonds. The number of alkyl halides is 4. The Hall–Kier alpha value is -1.94. The monoisotopic (exact) mass is 293 g/mol. The standard InChI is InChI=1S/C11H7ClF3NO3/c12-4-8-6(3-9(17)18)1-2-7(5-16)10(8)19-11(13,14)15/h1-2H,3-4H2,(H,17,18). The predicted octanol–water partition coefficient (Wildman–Crippen LogP) is 2.82. The summed E-state index contributed by atoms with van der Waals surface area (Å²) in [5.74, 6) is -2.37. The number of hydrogen-bond acceptors (Lipinski definition) is 3. The van der Waals surface area contributed by atoms with E-state index >= 15 is 0 Å². The zero-order valence-electron chi connectivity index (χ0n) is 9.29. The fourth-order valence-electron chi connectivity index (χ4n) is 1.46. The maximum absolute atomic E-state index is 12.3. The van der Waals surface area contributed by atoms with Crippen LogP contribution in [-0.4, -0.2) is 17.4 Å². The van der Waals surface area contributed by atoms with E-state index in [1.807, 2.05) is 0 Å². The van der Waals surface area contributed by atoms with Crippen LogP contribution in [0, 0.1) is 11.3 Å². The average Bonchev–Trinajstić information content (AvgIpc) is 2.27. The Labute approximate surface area is 111 Å². The van der Waals surface area contributed by atoms with Gasteiger partial charge in [-0.15, -0.1) is 24.8 Å². The van der Waals surface area contributed by atoms with E-state index in [0.717, 1.165) is 6.07 Å². The van der Waals surface area contributed by atoms with Gasteiger partial charge in [0.05, 0.1) is 17.9 Å². The van der Waals surface area contributed by atoms with E-state index in [9.17, 15) is 18.0 Å². The molecule has 102 valence electrons. The number of nitrogens with zero attached hydrogens (tertiary/aromatic N) is 1. The number of carbonyl (C=O) groups is 1. The minimum Gasteiger partial charge on any atom is -0.481 e. The third kappa shape index (κ3) is 4.03. The lowest BCUT2D eigenvalue weighted by Gasteiger charge is -2.16. The molecular weight excluding hydrogens is 287 g/mol. The number of aliphatic carboxylic acids is 1. The van der Waals surface area contributed by atoms with Gasteiger partial charge in [-0.05, 0) is 11.6 Å². The SMILES string of the molecule is N#Cc1ccc(CC(=O)O)c(CCl)c1OC(F)(F)F. The average molecular weight is 294 g/mol. The Morgan fingerprint density at radius 2 is 2.11 bits per heavy atom. The van der Waals surface area contributed by atoms with E-state index in [4.69, 9.17) is 22.0 Å². The van der Waals surface area contributed by atoms with Crippen LogP contribution in [0.4, 0.5) is 13.2 Å². The van der Waals surface area contributed by atoms with Crippen molar-refractivity contribution in [2.75, 3.05) is 0 Å². The molecule has 1 N–H and O–H groups in total. The highest BCUT2D eigenvalue weighted by molar-refractivity contribution is 6.17. The molecule has 0 heterocycles. The van der Waals surface area contributed by atoms with Gasteiger partial charge in [0.25, 0.3) is 0 Å². The molecule has 8 heteroatoms. The quantitative estimate of drug-likeness (QED) is 0.867. The van der Waals surface area contributed by atoms with Crippen LogP contribution in [0.2, 0.25) is 0 Å². The molecule has 0 saturated carbocycles. The van der Waals surface area contributed by atoms with Gasteiger partial charge in [0, 0.05) is 5.56 Å². The van der Waals surface area contributed by atoms with Crippen molar-refractivity contribution in [3.05, 3.63) is 28.8 Å². The van der Waals surface area contributed by atoms with Crippen molar-refractivity contribution in [2.24, 2.45) is 0 Å². The minimum absolute atomic E-state index is 0.0701. The number of halogens is 4. The molecule has 0 fully saturated rings. The molecular formula is C11H7ClF3NO3. The van der Waals surface area contributed by atoms with Gasteiger partial charge in [-0.2, -0.15) is 5.26 Å². The molecule has 0 aromatic heterocycles. The van der Waals surface area contributed by atoms with E-state index in [2.05, 4.69) is 4.74 Å². The molecule has 1 aromatic carbocycles. The number of benzene rings is 1. The van der Waals surface area contributed by atoms with Gasteiger partial charge in [0.2, 0.25) is 0 Å². The normalized spacial score (nSPS) is 10.9. The molecule has 0 aliphatic carbocycles. The fraction of sp³-hybridized carbons (Fsp3) is 0.273. The first-order valence-electron chi connectivity index (χ1n) is 4.87. The second-order valence-corrected chi connectivity index (χ2v) is 3.71. The summed E-state index contributed by atoms with van der Waals surface area (Å²) in [6.07, 6.45) is -5.50. The summed E-state index contributed by atoms with van der Waals surface area (Å²) < 4.78 is 40.6. The summed E-state index contributed by atoms with van der Waals surface area (Å²) in [4.78, 5) is 10.6. The maximum atomic E-state index is 12.3. The highest BCUT2D eigenvalue weighted by Crippen LogP contribution is 2.33. The molecule has 1 aromatic rings. The van der Waals surface area contributed by atoms with Gasteiger partial charge in [0.1, 0.15) is 6.07 Å². The van der Waals surface area contributed by atoms with Crippen molar-refractivity contribution in [1.82, 2.24) is 0 Å². The number of nitriles is 1. The third-order valence-electron chi connectivity index (χ3n) is 2.17. The third-order valence-corrected chi connectivity index (χ3v) is 2.44. The van der Waals surface area contributed by atoms with E-state index in [-0.39, 0.29) is 16.7 Å². The molecule has 0 bridgehead atoms. The maximum Gasteiger partial charge on any atom is 0.573 e. The number of ether oxygens (including phenoxy) is 1. The van der Waals surface area contributed by atoms with Crippen LogP contribution in [0.15, 0.2) is 12.1 Å². The van der Waals surface area contributed by atoms with Gasteiger partial charge in [0.15, 0.2) is 5.75 Å². The first-order valence-corrected chi connectivity index (χ1v) is 5.40. The van der Waals surface area contributed by atoms with Crippen LogP contribution in [-0.2, 0) is 17.1 Å². The number of carboxylic acids is 1. The van der Waals surface area contributed by atoms with Crippen molar-refractivity contribution in [1.29, 1.82) is 5.26 Å². The Morgan fingerprint density at radius 3 is 2.53 bits per heavy atom. The highest BCUT2D eigenvalue weighted by atomic mass is 35.5. The number of rotatable bonds is 4. The van der Waals surface area contributed by atoms with E-state index in [1.165, 1.54) is 6.07 Å². The lowest BCUT2D eigenvalue weighted by atomic mass is 10.0. The van der Waals surface area contributed by atoms with Gasteiger partial charge in [-0.25, -0.2) is 0 Å². The zero-order valence-corrected chi connectivity index (χ0v) is 10.0. The summed E-state index contributed by atoms with van der Waals surface area (Å²) in [5, 5.41) is 17.4. The lowest BCUT2D eigenvalue weighted by Crippen LogP contribution is -2.19. The molecule has 0 unspecified atom stereocenters. The summed E-state index contributed by atoms with van der Waals surface area (Å²) in [6, 6.07) is 3.85. The molecule has 0 radical (unpaired) electrons. The van der Waals surface area contributed by atoms with Crippen molar-refractivity contribution < 1.29 is 27.8 Å². The summed E-state index contributed by atoms with van der Waals surface area (Å²) >= 11 is 5.53. The van der Waals surface area contributed by atoms with E-state index in [0.29, 0.717) is 0 Å².